The summed E-state index contributed by atoms with van der Waals surface area (Å²) in [6.07, 6.45) is 14.5. The number of hydrogen-bond acceptors (Lipinski definition) is 4. The Morgan fingerprint density at radius 3 is 2.08 bits per heavy atom. The van der Waals surface area contributed by atoms with Crippen LogP contribution in [0.2, 0.25) is 0 Å². The third-order valence-electron chi connectivity index (χ3n) is 7.96. The molecule has 0 amide bonds. The van der Waals surface area contributed by atoms with Crippen LogP contribution >= 0.6 is 0 Å². The number of benzene rings is 2. The van der Waals surface area contributed by atoms with E-state index < -0.39 is 0 Å². The van der Waals surface area contributed by atoms with Crippen LogP contribution in [0.15, 0.2) is 35.9 Å². The van der Waals surface area contributed by atoms with Crippen LogP contribution in [0.4, 0.5) is 0 Å². The molecule has 1 N–H and O–H groups in total. The molecular weight excluding hydrogens is 482 g/mol. The van der Waals surface area contributed by atoms with E-state index in [1.54, 1.807) is 4.90 Å². The second-order valence-electron chi connectivity index (χ2n) is 12.7. The maximum absolute atomic E-state index is 12.5. The molecule has 0 bridgehead atoms. The van der Waals surface area contributed by atoms with Crippen molar-refractivity contribution in [2.45, 2.75) is 106 Å². The number of hydrogen-bond donors (Lipinski definition) is 1. The SMILES string of the molecule is C/C(=C\Cc1c(C)c(OC(=O)CN(C)C)c2ccccc2c1O)CCCC(C)CCCC(C)CCCC(C)C. The van der Waals surface area contributed by atoms with E-state index in [4.69, 9.17) is 4.74 Å². The van der Waals surface area contributed by atoms with E-state index in [-0.39, 0.29) is 18.3 Å². The van der Waals surface area contributed by atoms with E-state index in [9.17, 15) is 9.90 Å². The highest BCUT2D eigenvalue weighted by Crippen LogP contribution is 2.40. The fourth-order valence-electron chi connectivity index (χ4n) is 5.44. The lowest BCUT2D eigenvalue weighted by Gasteiger charge is -2.18. The number of phenols is 1. The van der Waals surface area contributed by atoms with Crippen molar-refractivity contribution in [1.82, 2.24) is 4.90 Å². The smallest absolute Gasteiger partial charge is 0.325 e. The molecule has 218 valence electrons. The van der Waals surface area contributed by atoms with E-state index in [1.165, 1.54) is 56.9 Å². The van der Waals surface area contributed by atoms with E-state index >= 15 is 0 Å². The first-order valence-electron chi connectivity index (χ1n) is 15.2. The monoisotopic (exact) mass is 537 g/mol. The third kappa shape index (κ3) is 11.4. The lowest BCUT2D eigenvalue weighted by molar-refractivity contribution is -0.134. The summed E-state index contributed by atoms with van der Waals surface area (Å²) in [5, 5.41) is 12.6. The minimum Gasteiger partial charge on any atom is -0.507 e. The molecule has 0 saturated heterocycles. The number of likely N-dealkylation sites (N-methyl/N-ethyl adjacent to an activating group) is 1. The number of nitrogens with zero attached hydrogens (tertiary/aromatic N) is 1. The number of carbonyl (C=O) groups excluding carboxylic acids is 1. The maximum atomic E-state index is 12.5. The van der Waals surface area contributed by atoms with Gasteiger partial charge in [-0.15, -0.1) is 0 Å². The average molecular weight is 538 g/mol. The minimum atomic E-state index is -0.300. The molecule has 0 fully saturated rings. The van der Waals surface area contributed by atoms with Crippen molar-refractivity contribution < 1.29 is 14.6 Å². The first-order valence-corrected chi connectivity index (χ1v) is 15.2. The molecule has 0 aliphatic carbocycles. The Hall–Kier alpha value is -2.33. The fraction of sp³-hybridized carbons (Fsp3) is 0.629. The van der Waals surface area contributed by atoms with Crippen molar-refractivity contribution in [2.24, 2.45) is 17.8 Å². The second-order valence-corrected chi connectivity index (χ2v) is 12.7. The Morgan fingerprint density at radius 1 is 0.923 bits per heavy atom. The number of fused-ring (bicyclic) bond motifs is 1. The van der Waals surface area contributed by atoms with Crippen LogP contribution in [0.3, 0.4) is 0 Å². The van der Waals surface area contributed by atoms with Gasteiger partial charge in [-0.2, -0.15) is 0 Å². The largest absolute Gasteiger partial charge is 0.507 e. The highest BCUT2D eigenvalue weighted by atomic mass is 16.5. The van der Waals surface area contributed by atoms with Gasteiger partial charge in [0.05, 0.1) is 6.54 Å². The summed E-state index contributed by atoms with van der Waals surface area (Å²) in [5.41, 5.74) is 3.00. The van der Waals surface area contributed by atoms with Gasteiger partial charge in [-0.05, 0) is 70.5 Å². The van der Waals surface area contributed by atoms with Gasteiger partial charge in [-0.3, -0.25) is 9.69 Å². The number of phenolic OH excluding ortho intramolecular Hbond substituents is 1. The summed E-state index contributed by atoms with van der Waals surface area (Å²) in [7, 11) is 3.69. The zero-order valence-corrected chi connectivity index (χ0v) is 26.1. The molecule has 0 aromatic heterocycles. The van der Waals surface area contributed by atoms with Crippen molar-refractivity contribution in [2.75, 3.05) is 20.6 Å². The average Bonchev–Trinajstić information content (AvgIpc) is 2.86. The molecule has 39 heavy (non-hydrogen) atoms. The van der Waals surface area contributed by atoms with Gasteiger partial charge < -0.3 is 9.84 Å². The van der Waals surface area contributed by atoms with Gasteiger partial charge in [-0.1, -0.05) is 109 Å². The zero-order valence-electron chi connectivity index (χ0n) is 26.1. The first-order chi connectivity index (χ1) is 18.5. The predicted octanol–water partition coefficient (Wildman–Crippen LogP) is 9.25. The van der Waals surface area contributed by atoms with Crippen molar-refractivity contribution in [3.8, 4) is 11.5 Å². The van der Waals surface area contributed by atoms with E-state index in [0.29, 0.717) is 12.2 Å². The third-order valence-corrected chi connectivity index (χ3v) is 7.96. The van der Waals surface area contributed by atoms with Gasteiger partial charge in [0.2, 0.25) is 0 Å². The molecule has 2 unspecified atom stereocenters. The molecule has 0 aliphatic heterocycles. The Bertz CT molecular complexity index is 1070. The van der Waals surface area contributed by atoms with Crippen molar-refractivity contribution in [3.05, 3.63) is 47.0 Å². The number of carbonyl (C=O) groups is 1. The number of ether oxygens (including phenoxy) is 1. The minimum absolute atomic E-state index is 0.207. The summed E-state index contributed by atoms with van der Waals surface area (Å²) >= 11 is 0. The molecule has 2 aromatic rings. The Balaban J connectivity index is 1.92. The molecule has 2 atom stereocenters. The lowest BCUT2D eigenvalue weighted by atomic mass is 9.91. The van der Waals surface area contributed by atoms with E-state index in [2.05, 4.69) is 40.7 Å². The Labute approximate surface area is 238 Å². The molecule has 0 spiro atoms. The van der Waals surface area contributed by atoms with Crippen LogP contribution < -0.4 is 4.74 Å². The lowest BCUT2D eigenvalue weighted by Crippen LogP contribution is -2.25. The molecule has 2 rings (SSSR count). The molecule has 4 heteroatoms. The zero-order chi connectivity index (χ0) is 28.9. The standard InChI is InChI=1S/C35H55NO3/c1-25(2)14-11-15-26(3)16-12-17-27(4)18-13-19-28(5)22-23-30-29(6)35(39-33(37)24-36(7)8)32-21-10-9-20-31(32)34(30)38/h9-10,20-22,25-27,38H,11-19,23-24H2,1-8H3/b28-22+. The van der Waals surface area contributed by atoms with Gasteiger partial charge >= 0.3 is 5.97 Å². The van der Waals surface area contributed by atoms with Crippen LogP contribution in [0.1, 0.15) is 104 Å². The molecule has 2 aromatic carbocycles. The van der Waals surface area contributed by atoms with Gasteiger partial charge in [0.1, 0.15) is 11.5 Å². The Morgan fingerprint density at radius 2 is 1.49 bits per heavy atom. The van der Waals surface area contributed by atoms with Crippen molar-refractivity contribution in [1.29, 1.82) is 0 Å². The highest BCUT2D eigenvalue weighted by Gasteiger charge is 2.19. The fourth-order valence-corrected chi connectivity index (χ4v) is 5.44. The summed E-state index contributed by atoms with van der Waals surface area (Å²) in [5.74, 6) is 2.99. The molecule has 4 nitrogen and oxygen atoms in total. The van der Waals surface area contributed by atoms with Crippen LogP contribution in [0.5, 0.6) is 11.5 Å². The molecular formula is C35H55NO3. The normalized spacial score (nSPS) is 13.8. The summed E-state index contributed by atoms with van der Waals surface area (Å²) in [6, 6.07) is 7.60. The number of rotatable bonds is 17. The summed E-state index contributed by atoms with van der Waals surface area (Å²) in [6.45, 7) is 13.8. The second kappa shape index (κ2) is 16.7. The van der Waals surface area contributed by atoms with E-state index in [1.807, 2.05) is 45.3 Å². The Kier molecular flexibility index (Phi) is 14.1. The quantitative estimate of drug-likeness (QED) is 0.124. The number of allylic oxidation sites excluding steroid dienone is 2. The molecule has 0 radical (unpaired) electrons. The topological polar surface area (TPSA) is 49.8 Å². The van der Waals surface area contributed by atoms with Gasteiger partial charge in [-0.25, -0.2) is 0 Å². The summed E-state index contributed by atoms with van der Waals surface area (Å²) < 4.78 is 5.83. The van der Waals surface area contributed by atoms with Gasteiger partial charge in [0, 0.05) is 16.3 Å². The van der Waals surface area contributed by atoms with Crippen LogP contribution in [0, 0.1) is 24.7 Å². The summed E-state index contributed by atoms with van der Waals surface area (Å²) in [4.78, 5) is 14.3. The molecule has 0 heterocycles. The molecule has 0 aliphatic rings. The van der Waals surface area contributed by atoms with Gasteiger partial charge in [0.15, 0.2) is 0 Å². The van der Waals surface area contributed by atoms with Crippen molar-refractivity contribution in [3.63, 3.8) is 0 Å². The highest BCUT2D eigenvalue weighted by molar-refractivity contribution is 5.97. The van der Waals surface area contributed by atoms with Crippen LogP contribution in [-0.4, -0.2) is 36.6 Å². The number of esters is 1. The number of aromatic hydroxyl groups is 1. The van der Waals surface area contributed by atoms with Crippen LogP contribution in [-0.2, 0) is 11.2 Å². The molecule has 0 saturated carbocycles. The maximum Gasteiger partial charge on any atom is 0.325 e. The predicted molar refractivity (Wildman–Crippen MR) is 167 cm³/mol. The first kappa shape index (κ1) is 32.9. The van der Waals surface area contributed by atoms with Crippen molar-refractivity contribution >= 4 is 16.7 Å². The van der Waals surface area contributed by atoms with E-state index in [0.717, 1.165) is 46.1 Å². The van der Waals surface area contributed by atoms with Crippen LogP contribution in [0.25, 0.3) is 10.8 Å². The van der Waals surface area contributed by atoms with Gasteiger partial charge in [0.25, 0.3) is 0 Å².